The Balaban J connectivity index is 2.63. The SMILES string of the molecule is CCCC/C=C\CCCCCC(O)CC(=O)NC(COP(=O)(O)OC1C(O)C(O)C(O)C(O)C1O)C(O)/C=C/CC/C=C/CCCCCCCCCCCCC. The van der Waals surface area contributed by atoms with Crippen LogP contribution in [0, 0.1) is 0 Å². The molecule has 0 bridgehead atoms. The van der Waals surface area contributed by atoms with Crippen LogP contribution in [-0.2, 0) is 18.4 Å². The van der Waals surface area contributed by atoms with Crippen molar-refractivity contribution in [3.8, 4) is 0 Å². The Morgan fingerprint density at radius 1 is 0.625 bits per heavy atom. The summed E-state index contributed by atoms with van der Waals surface area (Å²) in [5, 5.41) is 74.1. The molecule has 1 fully saturated rings. The largest absolute Gasteiger partial charge is 0.472 e. The number of amides is 1. The highest BCUT2D eigenvalue weighted by molar-refractivity contribution is 7.47. The highest BCUT2D eigenvalue weighted by Gasteiger charge is 2.51. The first kappa shape index (κ1) is 52.5. The number of carbonyl (C=O) groups excluding carboxylic acids is 1. The Hall–Kier alpha value is -1.48. The molecule has 14 heteroatoms. The molecule has 1 rings (SSSR count). The lowest BCUT2D eigenvalue weighted by Crippen LogP contribution is -2.64. The van der Waals surface area contributed by atoms with Crippen molar-refractivity contribution < 1.29 is 59.0 Å². The van der Waals surface area contributed by atoms with E-state index in [1.54, 1.807) is 6.08 Å². The minimum Gasteiger partial charge on any atom is -0.393 e. The monoisotopic (exact) mass is 820 g/mol. The van der Waals surface area contributed by atoms with Crippen molar-refractivity contribution in [1.29, 1.82) is 0 Å². The molecule has 0 aromatic rings. The Morgan fingerprint density at radius 2 is 1.07 bits per heavy atom. The van der Waals surface area contributed by atoms with Crippen LogP contribution >= 0.6 is 7.82 Å². The molecule has 0 spiro atoms. The predicted octanol–water partition coefficient (Wildman–Crippen LogP) is 6.19. The molecular formula is C42H78NO12P. The maximum absolute atomic E-state index is 12.9. The molecule has 0 aliphatic heterocycles. The van der Waals surface area contributed by atoms with Gasteiger partial charge in [0.05, 0.1) is 31.3 Å². The summed E-state index contributed by atoms with van der Waals surface area (Å²) >= 11 is 0. The standard InChI is InChI=1S/C42H78NO12P/c1-3-5-7-9-11-13-14-15-16-17-18-19-20-22-24-26-28-30-35(45)34(43-36(46)31-33(44)29-27-25-23-21-12-10-8-6-4-2)32-54-56(52,53)55-42-40(50)38(48)37(47)39(49)41(42)51/h10,12,20,22,28,30,33-35,37-42,44-45,47-51H,3-9,11,13-19,21,23-27,29,31-32H2,1-2H3,(H,43,46)(H,52,53)/b12-10-,22-20+,30-28+. The smallest absolute Gasteiger partial charge is 0.393 e. The summed E-state index contributed by atoms with van der Waals surface area (Å²) in [4.78, 5) is 23.3. The van der Waals surface area contributed by atoms with Crippen molar-refractivity contribution in [2.75, 3.05) is 6.61 Å². The van der Waals surface area contributed by atoms with Gasteiger partial charge in [-0.25, -0.2) is 4.57 Å². The van der Waals surface area contributed by atoms with E-state index in [0.29, 0.717) is 12.8 Å². The summed E-state index contributed by atoms with van der Waals surface area (Å²) in [5.41, 5.74) is 0. The third-order valence-electron chi connectivity index (χ3n) is 10.2. The molecule has 9 N–H and O–H groups in total. The second-order valence-corrected chi connectivity index (χ2v) is 16.8. The Morgan fingerprint density at radius 3 is 1.62 bits per heavy atom. The van der Waals surface area contributed by atoms with Gasteiger partial charge in [-0.3, -0.25) is 13.8 Å². The normalized spacial score (nSPS) is 24.5. The zero-order chi connectivity index (χ0) is 41.6. The van der Waals surface area contributed by atoms with E-state index < -0.39 is 75.2 Å². The fourth-order valence-corrected chi connectivity index (χ4v) is 7.56. The van der Waals surface area contributed by atoms with Gasteiger partial charge in [0.15, 0.2) is 0 Å². The van der Waals surface area contributed by atoms with Gasteiger partial charge in [-0.1, -0.05) is 140 Å². The number of aliphatic hydroxyl groups is 7. The zero-order valence-electron chi connectivity index (χ0n) is 34.3. The molecule has 13 nitrogen and oxygen atoms in total. The first-order chi connectivity index (χ1) is 26.8. The minimum atomic E-state index is -5.14. The molecule has 1 aliphatic rings. The van der Waals surface area contributed by atoms with E-state index in [0.717, 1.165) is 57.8 Å². The van der Waals surface area contributed by atoms with E-state index in [1.165, 1.54) is 76.7 Å². The van der Waals surface area contributed by atoms with Gasteiger partial charge in [0.2, 0.25) is 5.91 Å². The summed E-state index contributed by atoms with van der Waals surface area (Å²) in [6, 6.07) is -1.26. The van der Waals surface area contributed by atoms with Crippen molar-refractivity contribution >= 4 is 13.7 Å². The third kappa shape index (κ3) is 24.4. The number of carbonyl (C=O) groups is 1. The molecule has 328 valence electrons. The molecule has 0 aromatic carbocycles. The fourth-order valence-electron chi connectivity index (χ4n) is 6.59. The maximum atomic E-state index is 12.9. The molecule has 0 aromatic heterocycles. The fraction of sp³-hybridized carbons (Fsp3) is 0.833. The van der Waals surface area contributed by atoms with Gasteiger partial charge in [0.25, 0.3) is 0 Å². The number of unbranched alkanes of at least 4 members (excludes halogenated alkanes) is 17. The molecule has 1 saturated carbocycles. The lowest BCUT2D eigenvalue weighted by atomic mass is 9.85. The quantitative estimate of drug-likeness (QED) is 0.0201. The van der Waals surface area contributed by atoms with Gasteiger partial charge < -0.3 is 46.0 Å². The second-order valence-electron chi connectivity index (χ2n) is 15.4. The maximum Gasteiger partial charge on any atom is 0.472 e. The number of rotatable bonds is 34. The second kappa shape index (κ2) is 32.4. The van der Waals surface area contributed by atoms with Gasteiger partial charge in [0, 0.05) is 0 Å². The molecule has 0 heterocycles. The van der Waals surface area contributed by atoms with Gasteiger partial charge in [0.1, 0.15) is 36.6 Å². The minimum absolute atomic E-state index is 0.264. The molecule has 8 unspecified atom stereocenters. The van der Waals surface area contributed by atoms with E-state index in [9.17, 15) is 50.0 Å². The first-order valence-electron chi connectivity index (χ1n) is 21.5. The highest BCUT2D eigenvalue weighted by atomic mass is 31.2. The highest BCUT2D eigenvalue weighted by Crippen LogP contribution is 2.47. The first-order valence-corrected chi connectivity index (χ1v) is 23.0. The van der Waals surface area contributed by atoms with Crippen molar-refractivity contribution in [3.63, 3.8) is 0 Å². The zero-order valence-corrected chi connectivity index (χ0v) is 35.2. The van der Waals surface area contributed by atoms with E-state index >= 15 is 0 Å². The van der Waals surface area contributed by atoms with Crippen LogP contribution in [0.4, 0.5) is 0 Å². The van der Waals surface area contributed by atoms with Gasteiger partial charge in [-0.2, -0.15) is 0 Å². The van der Waals surface area contributed by atoms with E-state index in [-0.39, 0.29) is 6.42 Å². The average molecular weight is 820 g/mol. The van der Waals surface area contributed by atoms with Crippen LogP contribution in [0.2, 0.25) is 0 Å². The number of nitrogens with one attached hydrogen (secondary N) is 1. The number of hydrogen-bond donors (Lipinski definition) is 9. The number of phosphoric acid groups is 1. The van der Waals surface area contributed by atoms with Crippen molar-refractivity contribution in [2.45, 2.75) is 216 Å². The van der Waals surface area contributed by atoms with Crippen LogP contribution in [0.5, 0.6) is 0 Å². The summed E-state index contributed by atoms with van der Waals surface area (Å²) < 4.78 is 22.8. The van der Waals surface area contributed by atoms with Crippen LogP contribution in [0.3, 0.4) is 0 Å². The number of hydrogen-bond acceptors (Lipinski definition) is 11. The third-order valence-corrected chi connectivity index (χ3v) is 11.2. The molecule has 56 heavy (non-hydrogen) atoms. The molecular weight excluding hydrogens is 741 g/mol. The number of aliphatic hydroxyl groups excluding tert-OH is 7. The van der Waals surface area contributed by atoms with Crippen LogP contribution in [-0.4, -0.2) is 108 Å². The van der Waals surface area contributed by atoms with E-state index in [4.69, 9.17) is 9.05 Å². The lowest BCUT2D eigenvalue weighted by Gasteiger charge is -2.41. The van der Waals surface area contributed by atoms with Gasteiger partial charge >= 0.3 is 7.82 Å². The van der Waals surface area contributed by atoms with E-state index in [2.05, 4.69) is 43.5 Å². The van der Waals surface area contributed by atoms with Crippen LogP contribution in [0.25, 0.3) is 0 Å². The van der Waals surface area contributed by atoms with Crippen LogP contribution in [0.1, 0.15) is 162 Å². The summed E-state index contributed by atoms with van der Waals surface area (Å²) in [7, 11) is -5.14. The molecule has 0 radical (unpaired) electrons. The molecule has 1 aliphatic carbocycles. The van der Waals surface area contributed by atoms with Crippen LogP contribution in [0.15, 0.2) is 36.5 Å². The summed E-state index contributed by atoms with van der Waals surface area (Å²) in [5.74, 6) is -0.616. The topological polar surface area (TPSA) is 226 Å². The van der Waals surface area contributed by atoms with Crippen LogP contribution < -0.4 is 5.32 Å². The van der Waals surface area contributed by atoms with Crippen molar-refractivity contribution in [3.05, 3.63) is 36.5 Å². The summed E-state index contributed by atoms with van der Waals surface area (Å²) in [6.07, 6.45) is 21.2. The van der Waals surface area contributed by atoms with E-state index in [1.807, 2.05) is 0 Å². The van der Waals surface area contributed by atoms with Gasteiger partial charge in [-0.05, 0) is 51.4 Å². The van der Waals surface area contributed by atoms with Crippen molar-refractivity contribution in [1.82, 2.24) is 5.32 Å². The number of phosphoric ester groups is 1. The van der Waals surface area contributed by atoms with Gasteiger partial charge in [-0.15, -0.1) is 0 Å². The predicted molar refractivity (Wildman–Crippen MR) is 220 cm³/mol. The summed E-state index contributed by atoms with van der Waals surface area (Å²) in [6.45, 7) is 3.64. The molecule has 0 saturated heterocycles. The number of allylic oxidation sites excluding steroid dienone is 5. The molecule has 1 amide bonds. The molecule has 8 atom stereocenters. The Bertz CT molecular complexity index is 1110. The Labute approximate surface area is 336 Å². The average Bonchev–Trinajstić information content (AvgIpc) is 3.17. The Kier molecular flexibility index (Phi) is 30.4. The lowest BCUT2D eigenvalue weighted by molar-refractivity contribution is -0.220. The van der Waals surface area contributed by atoms with Crippen molar-refractivity contribution in [2.24, 2.45) is 0 Å².